The van der Waals surface area contributed by atoms with Crippen molar-refractivity contribution in [1.29, 1.82) is 0 Å². The van der Waals surface area contributed by atoms with Gasteiger partial charge in [-0.25, -0.2) is 0 Å². The highest BCUT2D eigenvalue weighted by Gasteiger charge is 2.63. The van der Waals surface area contributed by atoms with Crippen LogP contribution in [0.1, 0.15) is 118 Å². The molecule has 4 aliphatic carbocycles. The molecule has 9 nitrogen and oxygen atoms in total. The standard InChI is InChI=1S/C40H75N5O4/c1-27(2)37(38(48)49-6)44-26-31(46)12-10-28(3)33-14-15-34-32-13-11-29-24-30(43-20-9-23-45(21-7-18-41)22-8-19-42)16-17-39(29,4)35(32)25-36(47)40(33,34)5/h27-30,32-37,43-44,47H,7-26,41-42H2,1-6H3/t28?,29-,30+,32?,33?,34?,35?,36+,37?,39+,40-/m1/s1. The smallest absolute Gasteiger partial charge is 0.323 e. The number of aliphatic hydroxyl groups is 1. The molecule has 4 saturated carbocycles. The van der Waals surface area contributed by atoms with Gasteiger partial charge in [0.15, 0.2) is 0 Å². The van der Waals surface area contributed by atoms with Crippen LogP contribution in [-0.4, -0.2) is 92.9 Å². The number of carbonyl (C=O) groups is 2. The fourth-order valence-electron chi connectivity index (χ4n) is 11.6. The van der Waals surface area contributed by atoms with E-state index in [9.17, 15) is 14.7 Å². The van der Waals surface area contributed by atoms with Crippen molar-refractivity contribution in [3.05, 3.63) is 0 Å². The van der Waals surface area contributed by atoms with E-state index in [0.717, 1.165) is 77.3 Å². The topological polar surface area (TPSA) is 143 Å². The van der Waals surface area contributed by atoms with Crippen molar-refractivity contribution in [2.45, 2.75) is 136 Å². The van der Waals surface area contributed by atoms with Crippen LogP contribution in [0.4, 0.5) is 0 Å². The number of Topliss-reactive ketones (excluding diaryl/α,β-unsaturated/α-hetero) is 1. The molecule has 4 aliphatic rings. The van der Waals surface area contributed by atoms with Crippen LogP contribution in [-0.2, 0) is 14.3 Å². The van der Waals surface area contributed by atoms with Crippen LogP contribution in [0.25, 0.3) is 0 Å². The van der Waals surface area contributed by atoms with Crippen molar-refractivity contribution in [3.8, 4) is 0 Å². The highest BCUT2D eigenvalue weighted by atomic mass is 16.5. The van der Waals surface area contributed by atoms with E-state index in [2.05, 4.69) is 36.3 Å². The lowest BCUT2D eigenvalue weighted by molar-refractivity contribution is -0.169. The largest absolute Gasteiger partial charge is 0.468 e. The number of fused-ring (bicyclic) bond motifs is 5. The quantitative estimate of drug-likeness (QED) is 0.0906. The van der Waals surface area contributed by atoms with Gasteiger partial charge in [-0.05, 0) is 169 Å². The lowest BCUT2D eigenvalue weighted by Gasteiger charge is -2.62. The van der Waals surface area contributed by atoms with Crippen LogP contribution in [0.3, 0.4) is 0 Å². The molecular formula is C40H75N5O4. The number of hydrogen-bond acceptors (Lipinski definition) is 9. The average Bonchev–Trinajstić information content (AvgIpc) is 3.45. The van der Waals surface area contributed by atoms with E-state index >= 15 is 0 Å². The molecule has 7 N–H and O–H groups in total. The molecule has 0 amide bonds. The van der Waals surface area contributed by atoms with E-state index in [1.165, 1.54) is 52.1 Å². The summed E-state index contributed by atoms with van der Waals surface area (Å²) in [4.78, 5) is 27.5. The van der Waals surface area contributed by atoms with E-state index in [1.54, 1.807) is 0 Å². The van der Waals surface area contributed by atoms with E-state index in [1.807, 2.05) is 13.8 Å². The maximum absolute atomic E-state index is 12.9. The summed E-state index contributed by atoms with van der Waals surface area (Å²) in [5.74, 6) is 3.36. The van der Waals surface area contributed by atoms with Gasteiger partial charge in [-0.3, -0.25) is 14.9 Å². The molecule has 0 heterocycles. The first-order valence-corrected chi connectivity index (χ1v) is 20.3. The summed E-state index contributed by atoms with van der Waals surface area (Å²) in [5, 5.41) is 19.1. The van der Waals surface area contributed by atoms with Crippen molar-refractivity contribution in [2.75, 3.05) is 52.9 Å². The van der Waals surface area contributed by atoms with Gasteiger partial charge in [-0.2, -0.15) is 0 Å². The van der Waals surface area contributed by atoms with Crippen LogP contribution in [0.2, 0.25) is 0 Å². The normalized spacial score (nSPS) is 35.4. The molecule has 284 valence electrons. The minimum absolute atomic E-state index is 0.0561. The van der Waals surface area contributed by atoms with Crippen LogP contribution in [0.5, 0.6) is 0 Å². The van der Waals surface area contributed by atoms with Crippen molar-refractivity contribution >= 4 is 11.8 Å². The van der Waals surface area contributed by atoms with Crippen molar-refractivity contribution < 1.29 is 19.4 Å². The molecule has 0 aliphatic heterocycles. The Kier molecular flexibility index (Phi) is 15.4. The number of ketones is 1. The number of rotatable bonds is 20. The number of esters is 1. The second-order valence-electron chi connectivity index (χ2n) is 17.5. The lowest BCUT2D eigenvalue weighted by Crippen LogP contribution is -2.59. The van der Waals surface area contributed by atoms with Gasteiger partial charge in [0.2, 0.25) is 0 Å². The highest BCUT2D eigenvalue weighted by Crippen LogP contribution is 2.68. The Morgan fingerprint density at radius 1 is 0.939 bits per heavy atom. The molecule has 0 radical (unpaired) electrons. The van der Waals surface area contributed by atoms with Crippen molar-refractivity contribution in [2.24, 2.45) is 63.7 Å². The summed E-state index contributed by atoms with van der Waals surface area (Å²) in [7, 11) is 1.39. The van der Waals surface area contributed by atoms with Gasteiger partial charge in [-0.15, -0.1) is 0 Å². The Hall–Kier alpha value is -1.10. The van der Waals surface area contributed by atoms with Gasteiger partial charge in [0.25, 0.3) is 0 Å². The SMILES string of the molecule is COC(=O)C(NCC(=O)CCC(C)C1CCC2C3CC[C@@H]4C[C@@H](NCCCN(CCCN)CCCN)CC[C@]4(C)C3C[C@H](O)[C@]12C)C(C)C. The summed E-state index contributed by atoms with van der Waals surface area (Å²) in [6.07, 6.45) is 14.1. The Bertz CT molecular complexity index is 1040. The fourth-order valence-corrected chi connectivity index (χ4v) is 11.6. The van der Waals surface area contributed by atoms with Gasteiger partial charge >= 0.3 is 5.97 Å². The molecule has 49 heavy (non-hydrogen) atoms. The first-order chi connectivity index (χ1) is 23.4. The second-order valence-corrected chi connectivity index (χ2v) is 17.5. The molecule has 9 heteroatoms. The minimum Gasteiger partial charge on any atom is -0.468 e. The lowest BCUT2D eigenvalue weighted by atomic mass is 9.43. The molecular weight excluding hydrogens is 614 g/mol. The number of nitrogens with zero attached hydrogens (tertiary/aromatic N) is 1. The zero-order chi connectivity index (χ0) is 35.8. The molecule has 0 spiro atoms. The summed E-state index contributed by atoms with van der Waals surface area (Å²) in [5.41, 5.74) is 11.8. The zero-order valence-electron chi connectivity index (χ0n) is 32.2. The van der Waals surface area contributed by atoms with E-state index in [-0.39, 0.29) is 35.7 Å². The molecule has 4 fully saturated rings. The predicted octanol–water partition coefficient (Wildman–Crippen LogP) is 4.74. The maximum atomic E-state index is 12.9. The molecule has 11 atom stereocenters. The van der Waals surface area contributed by atoms with Gasteiger partial charge in [0.1, 0.15) is 11.8 Å². The number of carbonyl (C=O) groups excluding carboxylic acids is 2. The molecule has 0 saturated heterocycles. The third-order valence-corrected chi connectivity index (χ3v) is 14.5. The number of ether oxygens (including phenoxy) is 1. The zero-order valence-corrected chi connectivity index (χ0v) is 32.2. The first kappa shape index (κ1) is 40.7. The van der Waals surface area contributed by atoms with Crippen molar-refractivity contribution in [1.82, 2.24) is 15.5 Å². The fraction of sp³-hybridized carbons (Fsp3) is 0.950. The van der Waals surface area contributed by atoms with E-state index in [0.29, 0.717) is 47.5 Å². The average molecular weight is 690 g/mol. The Balaban J connectivity index is 1.28. The van der Waals surface area contributed by atoms with Gasteiger partial charge < -0.3 is 31.5 Å². The second kappa shape index (κ2) is 18.6. The third-order valence-electron chi connectivity index (χ3n) is 14.5. The highest BCUT2D eigenvalue weighted by molar-refractivity contribution is 5.82. The Morgan fingerprint density at radius 3 is 2.29 bits per heavy atom. The molecule has 0 aromatic heterocycles. The van der Waals surface area contributed by atoms with E-state index in [4.69, 9.17) is 16.2 Å². The number of aliphatic hydroxyl groups excluding tert-OH is 1. The summed E-state index contributed by atoms with van der Waals surface area (Å²) in [6.45, 7) is 17.3. The van der Waals surface area contributed by atoms with Crippen LogP contribution >= 0.6 is 0 Å². The molecule has 6 unspecified atom stereocenters. The monoisotopic (exact) mass is 690 g/mol. The molecule has 0 bridgehead atoms. The summed E-state index contributed by atoms with van der Waals surface area (Å²) in [6, 6.07) is 0.149. The van der Waals surface area contributed by atoms with Crippen LogP contribution < -0.4 is 22.1 Å². The Morgan fingerprint density at radius 2 is 1.63 bits per heavy atom. The molecule has 4 rings (SSSR count). The van der Waals surface area contributed by atoms with Crippen molar-refractivity contribution in [3.63, 3.8) is 0 Å². The summed E-state index contributed by atoms with van der Waals surface area (Å²) < 4.78 is 4.92. The van der Waals surface area contributed by atoms with Gasteiger partial charge in [0, 0.05) is 12.5 Å². The first-order valence-electron chi connectivity index (χ1n) is 20.3. The third kappa shape index (κ3) is 9.47. The maximum Gasteiger partial charge on any atom is 0.323 e. The van der Waals surface area contributed by atoms with Crippen LogP contribution in [0.15, 0.2) is 0 Å². The number of hydrogen-bond donors (Lipinski definition) is 5. The number of nitrogens with one attached hydrogen (secondary N) is 2. The predicted molar refractivity (Wildman–Crippen MR) is 199 cm³/mol. The minimum atomic E-state index is -0.464. The number of methoxy groups -OCH3 is 1. The van der Waals surface area contributed by atoms with E-state index < -0.39 is 6.04 Å². The molecule has 0 aromatic carbocycles. The number of nitrogens with two attached hydrogens (primary N) is 2. The molecule has 0 aromatic rings. The van der Waals surface area contributed by atoms with Gasteiger partial charge in [-0.1, -0.05) is 34.6 Å². The van der Waals surface area contributed by atoms with Gasteiger partial charge in [0.05, 0.1) is 19.8 Å². The summed E-state index contributed by atoms with van der Waals surface area (Å²) >= 11 is 0. The van der Waals surface area contributed by atoms with Crippen LogP contribution in [0, 0.1) is 52.3 Å². The Labute approximate surface area is 299 Å².